The van der Waals surface area contributed by atoms with Crippen LogP contribution < -0.4 is 4.90 Å². The van der Waals surface area contributed by atoms with Crippen LogP contribution >= 0.6 is 11.3 Å². The number of nitrogens with zero attached hydrogens (tertiary/aromatic N) is 2. The largest absolute Gasteiger partial charge is 0.409 e. The minimum atomic E-state index is -4.87. The maximum atomic E-state index is 13.9. The zero-order valence-electron chi connectivity index (χ0n) is 15.5. The van der Waals surface area contributed by atoms with E-state index in [0.717, 1.165) is 35.6 Å². The highest BCUT2D eigenvalue weighted by Gasteiger charge is 2.49. The molecular formula is C18H20F4N2O3S2. The minimum Gasteiger partial charge on any atom is -0.378 e. The highest BCUT2D eigenvalue weighted by molar-refractivity contribution is 7.91. The third-order valence-electron chi connectivity index (χ3n) is 4.55. The number of morpholine rings is 1. The molecule has 0 bridgehead atoms. The zero-order valence-corrected chi connectivity index (χ0v) is 17.2. The van der Waals surface area contributed by atoms with Gasteiger partial charge in [-0.15, -0.1) is 11.3 Å². The Labute approximate surface area is 170 Å². The van der Waals surface area contributed by atoms with Gasteiger partial charge in [0.25, 0.3) is 10.0 Å². The molecule has 160 valence electrons. The summed E-state index contributed by atoms with van der Waals surface area (Å²) in [7, 11) is -4.43. The van der Waals surface area contributed by atoms with E-state index in [1.165, 1.54) is 13.0 Å². The normalized spacial score (nSPS) is 17.0. The molecule has 0 aliphatic carbocycles. The highest BCUT2D eigenvalue weighted by Crippen LogP contribution is 2.42. The monoisotopic (exact) mass is 452 g/mol. The Morgan fingerprint density at radius 2 is 1.76 bits per heavy atom. The van der Waals surface area contributed by atoms with Crippen LogP contribution in [0.2, 0.25) is 0 Å². The molecule has 29 heavy (non-hydrogen) atoms. The van der Waals surface area contributed by atoms with Crippen molar-refractivity contribution in [3.8, 4) is 0 Å². The van der Waals surface area contributed by atoms with Crippen molar-refractivity contribution >= 4 is 26.4 Å². The maximum absolute atomic E-state index is 13.9. The predicted molar refractivity (Wildman–Crippen MR) is 102 cm³/mol. The van der Waals surface area contributed by atoms with Gasteiger partial charge in [-0.25, -0.2) is 12.8 Å². The van der Waals surface area contributed by atoms with Gasteiger partial charge in [-0.1, -0.05) is 19.1 Å². The van der Waals surface area contributed by atoms with E-state index in [9.17, 15) is 26.0 Å². The van der Waals surface area contributed by atoms with Gasteiger partial charge in [0.15, 0.2) is 0 Å². The first-order chi connectivity index (χ1) is 13.6. The van der Waals surface area contributed by atoms with Crippen LogP contribution in [0.25, 0.3) is 0 Å². The van der Waals surface area contributed by atoms with Gasteiger partial charge in [0, 0.05) is 19.6 Å². The number of sulfonamides is 1. The second-order valence-electron chi connectivity index (χ2n) is 6.40. The van der Waals surface area contributed by atoms with Crippen LogP contribution in [0, 0.1) is 5.82 Å². The first kappa shape index (κ1) is 22.0. The Hall–Kier alpha value is -1.69. The van der Waals surface area contributed by atoms with Gasteiger partial charge in [-0.2, -0.15) is 17.5 Å². The van der Waals surface area contributed by atoms with Gasteiger partial charge in [0.05, 0.1) is 18.2 Å². The summed E-state index contributed by atoms with van der Waals surface area (Å²) in [5.74, 6) is -0.700. The molecule has 0 saturated carbocycles. The highest BCUT2D eigenvalue weighted by atomic mass is 32.2. The molecule has 1 aliphatic rings. The molecule has 1 atom stereocenters. The molecule has 0 radical (unpaired) electrons. The van der Waals surface area contributed by atoms with Gasteiger partial charge in [0.2, 0.25) is 0 Å². The summed E-state index contributed by atoms with van der Waals surface area (Å²) < 4.78 is 86.5. The number of ether oxygens (including phenoxy) is 1. The first-order valence-corrected chi connectivity index (χ1v) is 11.2. The quantitative estimate of drug-likeness (QED) is 0.621. The van der Waals surface area contributed by atoms with Crippen LogP contribution in [-0.2, 0) is 14.8 Å². The molecule has 0 N–H and O–H groups in total. The third-order valence-corrected chi connectivity index (χ3v) is 8.10. The van der Waals surface area contributed by atoms with Gasteiger partial charge in [0.1, 0.15) is 16.1 Å². The van der Waals surface area contributed by atoms with Crippen LogP contribution in [0.5, 0.6) is 0 Å². The number of rotatable bonds is 6. The van der Waals surface area contributed by atoms with E-state index in [1.54, 1.807) is 6.07 Å². The third kappa shape index (κ3) is 4.73. The minimum absolute atomic E-state index is 0.169. The number of halogens is 4. The fourth-order valence-electron chi connectivity index (χ4n) is 3.17. The second kappa shape index (κ2) is 8.58. The Bertz CT molecular complexity index is 923. The van der Waals surface area contributed by atoms with E-state index in [1.807, 2.05) is 4.90 Å². The lowest BCUT2D eigenvalue weighted by atomic mass is 10.1. The number of alkyl halides is 3. The van der Waals surface area contributed by atoms with Crippen molar-refractivity contribution in [3.05, 3.63) is 47.8 Å². The van der Waals surface area contributed by atoms with Gasteiger partial charge in [-0.3, -0.25) is 0 Å². The number of benzene rings is 1. The van der Waals surface area contributed by atoms with Crippen molar-refractivity contribution in [2.24, 2.45) is 0 Å². The molecule has 0 spiro atoms. The van der Waals surface area contributed by atoms with Crippen LogP contribution in [-0.4, -0.2) is 51.7 Å². The van der Waals surface area contributed by atoms with E-state index < -0.39 is 34.6 Å². The van der Waals surface area contributed by atoms with E-state index in [-0.39, 0.29) is 9.77 Å². The summed E-state index contributed by atoms with van der Waals surface area (Å²) in [6.45, 7) is 3.12. The van der Waals surface area contributed by atoms with Gasteiger partial charge < -0.3 is 9.64 Å². The van der Waals surface area contributed by atoms with Crippen LogP contribution in [0.1, 0.15) is 18.5 Å². The summed E-state index contributed by atoms with van der Waals surface area (Å²) in [4.78, 5) is 1.94. The molecule has 0 amide bonds. The lowest BCUT2D eigenvalue weighted by molar-refractivity contribution is -0.173. The molecule has 1 aromatic heterocycles. The van der Waals surface area contributed by atoms with Crippen molar-refractivity contribution in [2.45, 2.75) is 23.4 Å². The molecule has 2 aromatic rings. The fourth-order valence-corrected chi connectivity index (χ4v) is 6.26. The van der Waals surface area contributed by atoms with Crippen LogP contribution in [0.15, 0.2) is 40.6 Å². The molecule has 11 heteroatoms. The topological polar surface area (TPSA) is 49.9 Å². The maximum Gasteiger partial charge on any atom is 0.409 e. The van der Waals surface area contributed by atoms with Crippen molar-refractivity contribution in [2.75, 3.05) is 37.7 Å². The van der Waals surface area contributed by atoms with Crippen molar-refractivity contribution in [3.63, 3.8) is 0 Å². The first-order valence-electron chi connectivity index (χ1n) is 8.91. The van der Waals surface area contributed by atoms with E-state index in [2.05, 4.69) is 0 Å². The predicted octanol–water partition coefficient (Wildman–Crippen LogP) is 4.04. The molecule has 2 heterocycles. The zero-order chi connectivity index (χ0) is 21.2. The number of thiophene rings is 1. The van der Waals surface area contributed by atoms with Crippen LogP contribution in [0.3, 0.4) is 0 Å². The second-order valence-corrected chi connectivity index (χ2v) is 9.58. The van der Waals surface area contributed by atoms with E-state index in [0.29, 0.717) is 35.6 Å². The molecular weight excluding hydrogens is 432 g/mol. The lowest BCUT2D eigenvalue weighted by Crippen LogP contribution is -2.42. The average molecular weight is 452 g/mol. The standard InChI is InChI=1S/C18H20F4N2O3S2/c1-2-24(17(18(20,21)22)13-3-5-14(19)6-4-13)29(25,26)16-8-7-15(28-16)23-9-11-27-12-10-23/h3-8,17H,2,9-12H2,1H3/t17-/m0/s1. The summed E-state index contributed by atoms with van der Waals surface area (Å²) >= 11 is 0.929. The molecule has 1 saturated heterocycles. The number of hydrogen-bond donors (Lipinski definition) is 0. The van der Waals surface area contributed by atoms with E-state index >= 15 is 0 Å². The van der Waals surface area contributed by atoms with Crippen molar-refractivity contribution in [1.29, 1.82) is 0 Å². The van der Waals surface area contributed by atoms with E-state index in [4.69, 9.17) is 4.74 Å². The molecule has 3 rings (SSSR count). The summed E-state index contributed by atoms with van der Waals surface area (Å²) in [5, 5.41) is 0.660. The van der Waals surface area contributed by atoms with Gasteiger partial charge >= 0.3 is 6.18 Å². The lowest BCUT2D eigenvalue weighted by Gasteiger charge is -2.31. The summed E-state index contributed by atoms with van der Waals surface area (Å²) in [6.07, 6.45) is -4.87. The fraction of sp³-hybridized carbons (Fsp3) is 0.444. The summed E-state index contributed by atoms with van der Waals surface area (Å²) in [6, 6.07) is 4.19. The van der Waals surface area contributed by atoms with Gasteiger partial charge in [-0.05, 0) is 29.8 Å². The Kier molecular flexibility index (Phi) is 6.51. The SMILES string of the molecule is CCN([C@@H](c1ccc(F)cc1)C(F)(F)F)S(=O)(=O)c1ccc(N2CCOCC2)s1. The molecule has 1 aliphatic heterocycles. The number of hydrogen-bond acceptors (Lipinski definition) is 5. The Morgan fingerprint density at radius 1 is 1.14 bits per heavy atom. The molecule has 0 unspecified atom stereocenters. The molecule has 1 fully saturated rings. The Balaban J connectivity index is 1.97. The number of anilines is 1. The average Bonchev–Trinajstić information content (AvgIpc) is 3.18. The van der Waals surface area contributed by atoms with Crippen molar-refractivity contribution < 1.29 is 30.7 Å². The van der Waals surface area contributed by atoms with Crippen LogP contribution in [0.4, 0.5) is 22.6 Å². The summed E-state index contributed by atoms with van der Waals surface area (Å²) in [5.41, 5.74) is -0.339. The smallest absolute Gasteiger partial charge is 0.378 e. The molecule has 1 aromatic carbocycles. The Morgan fingerprint density at radius 3 is 2.31 bits per heavy atom. The van der Waals surface area contributed by atoms with Crippen molar-refractivity contribution in [1.82, 2.24) is 4.31 Å². The molecule has 5 nitrogen and oxygen atoms in total.